The molecule has 0 unspecified atom stereocenters. The molecule has 0 aromatic heterocycles. The largest absolute Gasteiger partial charge is 0.438 e. The Morgan fingerprint density at radius 1 is 1.00 bits per heavy atom. The number of esters is 1. The van der Waals surface area contributed by atoms with Gasteiger partial charge in [-0.25, -0.2) is 0 Å². The molecule has 8 heteroatoms. The van der Waals surface area contributed by atoms with E-state index in [-0.39, 0.29) is 25.7 Å². The Morgan fingerprint density at radius 3 is 2.06 bits per heavy atom. The van der Waals surface area contributed by atoms with Gasteiger partial charge in [-0.15, -0.1) is 0 Å². The van der Waals surface area contributed by atoms with Gasteiger partial charge in [0.2, 0.25) is 11.8 Å². The van der Waals surface area contributed by atoms with E-state index >= 15 is 0 Å². The van der Waals surface area contributed by atoms with Crippen molar-refractivity contribution in [2.75, 3.05) is 20.6 Å². The summed E-state index contributed by atoms with van der Waals surface area (Å²) in [5.74, 6) is -2.10. The van der Waals surface area contributed by atoms with Crippen LogP contribution in [0.25, 0.3) is 0 Å². The maximum Gasteiger partial charge on any atom is 0.317 e. The second-order valence-electron chi connectivity index (χ2n) is 3.36. The van der Waals surface area contributed by atoms with Crippen molar-refractivity contribution in [1.29, 1.82) is 0 Å². The summed E-state index contributed by atoms with van der Waals surface area (Å²) < 4.78 is 8.97. The maximum absolute atomic E-state index is 11.1. The van der Waals surface area contributed by atoms with Crippen LogP contribution < -0.4 is 10.6 Å². The molecule has 0 saturated heterocycles. The van der Waals surface area contributed by atoms with Crippen molar-refractivity contribution in [3.63, 3.8) is 0 Å². The molecule has 0 aromatic rings. The van der Waals surface area contributed by atoms with Gasteiger partial charge < -0.3 is 20.1 Å². The lowest BCUT2D eigenvalue weighted by atomic mass is 10.3. The SMILES string of the molecule is COCOC(=O)CC(=O)NCNC(=O)CC(C)=O. The van der Waals surface area contributed by atoms with Crippen molar-refractivity contribution in [1.82, 2.24) is 10.6 Å². The molecule has 0 aliphatic heterocycles. The van der Waals surface area contributed by atoms with Gasteiger partial charge in [0.25, 0.3) is 0 Å². The van der Waals surface area contributed by atoms with Crippen molar-refractivity contribution in [3.8, 4) is 0 Å². The van der Waals surface area contributed by atoms with Crippen LogP contribution in [0.15, 0.2) is 0 Å². The average molecular weight is 260 g/mol. The molecule has 0 spiro atoms. The Hall–Kier alpha value is -1.96. The Morgan fingerprint density at radius 2 is 1.56 bits per heavy atom. The molecule has 0 fully saturated rings. The summed E-state index contributed by atoms with van der Waals surface area (Å²) in [5, 5.41) is 4.56. The molecule has 2 N–H and O–H groups in total. The van der Waals surface area contributed by atoms with E-state index in [1.807, 2.05) is 0 Å². The van der Waals surface area contributed by atoms with Gasteiger partial charge in [-0.05, 0) is 6.92 Å². The highest BCUT2D eigenvalue weighted by atomic mass is 16.7. The van der Waals surface area contributed by atoms with Crippen molar-refractivity contribution in [2.24, 2.45) is 0 Å². The van der Waals surface area contributed by atoms with E-state index < -0.39 is 24.2 Å². The highest BCUT2D eigenvalue weighted by molar-refractivity contribution is 5.97. The second kappa shape index (κ2) is 9.11. The first kappa shape index (κ1) is 16.0. The summed E-state index contributed by atoms with van der Waals surface area (Å²) in [7, 11) is 1.35. The van der Waals surface area contributed by atoms with E-state index in [0.29, 0.717) is 0 Å². The molecule has 0 radical (unpaired) electrons. The topological polar surface area (TPSA) is 111 Å². The van der Waals surface area contributed by atoms with Crippen LogP contribution in [0.2, 0.25) is 0 Å². The lowest BCUT2D eigenvalue weighted by Crippen LogP contribution is -2.38. The number of methoxy groups -OCH3 is 1. The fourth-order valence-electron chi connectivity index (χ4n) is 0.899. The molecule has 102 valence electrons. The van der Waals surface area contributed by atoms with Gasteiger partial charge in [0, 0.05) is 7.11 Å². The Bertz CT molecular complexity index is 328. The quantitative estimate of drug-likeness (QED) is 0.318. The van der Waals surface area contributed by atoms with Gasteiger partial charge in [0.15, 0.2) is 6.79 Å². The van der Waals surface area contributed by atoms with Gasteiger partial charge in [-0.1, -0.05) is 0 Å². The molecule has 8 nitrogen and oxygen atoms in total. The average Bonchev–Trinajstić information content (AvgIpc) is 2.25. The van der Waals surface area contributed by atoms with Gasteiger partial charge in [0.05, 0.1) is 13.1 Å². The molecule has 0 bridgehead atoms. The predicted octanol–water partition coefficient (Wildman–Crippen LogP) is -1.31. The number of rotatable bonds is 8. The van der Waals surface area contributed by atoms with Crippen LogP contribution in [0.3, 0.4) is 0 Å². The van der Waals surface area contributed by atoms with E-state index in [4.69, 9.17) is 0 Å². The van der Waals surface area contributed by atoms with Crippen LogP contribution in [0.1, 0.15) is 19.8 Å². The number of ketones is 1. The number of carbonyl (C=O) groups is 4. The number of ether oxygens (including phenoxy) is 2. The Labute approximate surface area is 104 Å². The van der Waals surface area contributed by atoms with Crippen molar-refractivity contribution in [2.45, 2.75) is 19.8 Å². The minimum atomic E-state index is -0.732. The zero-order valence-corrected chi connectivity index (χ0v) is 10.3. The third-order valence-electron chi connectivity index (χ3n) is 1.62. The first-order chi connectivity index (χ1) is 8.45. The third kappa shape index (κ3) is 9.28. The molecule has 0 rings (SSSR count). The maximum atomic E-state index is 11.1. The summed E-state index contributed by atoms with van der Waals surface area (Å²) in [6, 6.07) is 0. The molecule has 0 atom stereocenters. The van der Waals surface area contributed by atoms with Crippen LogP contribution in [0.4, 0.5) is 0 Å². The molecule has 0 aliphatic carbocycles. The molecule has 18 heavy (non-hydrogen) atoms. The number of nitrogens with one attached hydrogen (secondary N) is 2. The standard InChI is InChI=1S/C10H16N2O6/c1-7(13)3-8(14)11-5-12-9(15)4-10(16)18-6-17-2/h3-6H2,1-2H3,(H,11,14)(H,12,15). The van der Waals surface area contributed by atoms with E-state index in [0.717, 1.165) is 0 Å². The highest BCUT2D eigenvalue weighted by Crippen LogP contribution is 1.86. The molecule has 0 heterocycles. The van der Waals surface area contributed by atoms with Crippen LogP contribution in [0, 0.1) is 0 Å². The van der Waals surface area contributed by atoms with Crippen molar-refractivity contribution < 1.29 is 28.7 Å². The lowest BCUT2D eigenvalue weighted by molar-refractivity contribution is -0.155. The summed E-state index contributed by atoms with van der Waals surface area (Å²) in [5.41, 5.74) is 0. The normalized spacial score (nSPS) is 9.44. The smallest absolute Gasteiger partial charge is 0.317 e. The van der Waals surface area contributed by atoms with Crippen LogP contribution in [-0.4, -0.2) is 44.1 Å². The third-order valence-corrected chi connectivity index (χ3v) is 1.62. The number of hydrogen-bond acceptors (Lipinski definition) is 6. The fourth-order valence-corrected chi connectivity index (χ4v) is 0.899. The van der Waals surface area contributed by atoms with Crippen LogP contribution >= 0.6 is 0 Å². The Balaban J connectivity index is 3.67. The summed E-state index contributed by atoms with van der Waals surface area (Å²) >= 11 is 0. The first-order valence-corrected chi connectivity index (χ1v) is 5.13. The molecule has 0 saturated carbocycles. The summed E-state index contributed by atoms with van der Waals surface area (Å²) in [4.78, 5) is 43.7. The molecular weight excluding hydrogens is 244 g/mol. The predicted molar refractivity (Wildman–Crippen MR) is 59.0 cm³/mol. The highest BCUT2D eigenvalue weighted by Gasteiger charge is 2.10. The van der Waals surface area contributed by atoms with Crippen LogP contribution in [-0.2, 0) is 28.7 Å². The van der Waals surface area contributed by atoms with Gasteiger partial charge in [0.1, 0.15) is 12.2 Å². The lowest BCUT2D eigenvalue weighted by Gasteiger charge is -2.06. The first-order valence-electron chi connectivity index (χ1n) is 5.13. The molecule has 2 amide bonds. The van der Waals surface area contributed by atoms with Crippen molar-refractivity contribution in [3.05, 3.63) is 0 Å². The molecule has 0 aromatic carbocycles. The van der Waals surface area contributed by atoms with E-state index in [9.17, 15) is 19.2 Å². The minimum absolute atomic E-state index is 0.150. The number of hydrogen-bond donors (Lipinski definition) is 2. The Kier molecular flexibility index (Phi) is 8.12. The summed E-state index contributed by atoms with van der Waals surface area (Å²) in [6.45, 7) is 0.911. The zero-order chi connectivity index (χ0) is 14.0. The fraction of sp³-hybridized carbons (Fsp3) is 0.600. The molecule has 0 aliphatic rings. The van der Waals surface area contributed by atoms with E-state index in [1.54, 1.807) is 0 Å². The van der Waals surface area contributed by atoms with Crippen LogP contribution in [0.5, 0.6) is 0 Å². The van der Waals surface area contributed by atoms with Gasteiger partial charge in [-0.3, -0.25) is 19.2 Å². The minimum Gasteiger partial charge on any atom is -0.438 e. The molecular formula is C10H16N2O6. The zero-order valence-electron chi connectivity index (χ0n) is 10.3. The van der Waals surface area contributed by atoms with E-state index in [2.05, 4.69) is 20.1 Å². The monoisotopic (exact) mass is 260 g/mol. The second-order valence-corrected chi connectivity index (χ2v) is 3.36. The summed E-state index contributed by atoms with van der Waals surface area (Å²) in [6.07, 6.45) is -0.711. The van der Waals surface area contributed by atoms with Crippen molar-refractivity contribution >= 4 is 23.6 Å². The number of carbonyl (C=O) groups excluding carboxylic acids is 4. The van der Waals surface area contributed by atoms with Gasteiger partial charge in [-0.2, -0.15) is 0 Å². The van der Waals surface area contributed by atoms with E-state index in [1.165, 1.54) is 14.0 Å². The number of Topliss-reactive ketones (excluding diaryl/α,β-unsaturated/α-hetero) is 1. The van der Waals surface area contributed by atoms with Gasteiger partial charge >= 0.3 is 5.97 Å². The number of amides is 2.